The van der Waals surface area contributed by atoms with Crippen molar-refractivity contribution in [3.05, 3.63) is 34.9 Å². The van der Waals surface area contributed by atoms with Gasteiger partial charge in [0, 0.05) is 17.4 Å². The maximum absolute atomic E-state index is 12.4. The fourth-order valence-electron chi connectivity index (χ4n) is 8.55. The van der Waals surface area contributed by atoms with E-state index in [1.807, 2.05) is 19.1 Å². The number of hydrogen-bond acceptors (Lipinski definition) is 3. The highest BCUT2D eigenvalue weighted by atomic mass is 16.5. The van der Waals surface area contributed by atoms with Crippen LogP contribution in [-0.4, -0.2) is 17.9 Å². The number of ketones is 1. The van der Waals surface area contributed by atoms with E-state index in [-0.39, 0.29) is 23.3 Å². The molecule has 31 heavy (non-hydrogen) atoms. The summed E-state index contributed by atoms with van der Waals surface area (Å²) < 4.78 is 5.93. The number of carbonyl (C=O) groups excluding carboxylic acids is 2. The molecular weight excluding hydrogens is 384 g/mol. The molecule has 5 rings (SSSR count). The van der Waals surface area contributed by atoms with E-state index in [4.69, 9.17) is 4.74 Å². The molecule has 0 bridgehead atoms. The van der Waals surface area contributed by atoms with E-state index in [1.54, 1.807) is 0 Å². The van der Waals surface area contributed by atoms with E-state index in [0.717, 1.165) is 30.3 Å². The van der Waals surface area contributed by atoms with Crippen LogP contribution in [0.15, 0.2) is 34.9 Å². The van der Waals surface area contributed by atoms with Crippen molar-refractivity contribution in [2.45, 2.75) is 85.7 Å². The lowest BCUT2D eigenvalue weighted by molar-refractivity contribution is -0.151. The third-order valence-corrected chi connectivity index (χ3v) is 10.6. The third kappa shape index (κ3) is 3.05. The number of rotatable bonds is 2. The van der Waals surface area contributed by atoms with Gasteiger partial charge in [0.05, 0.1) is 0 Å². The van der Waals surface area contributed by atoms with Crippen LogP contribution < -0.4 is 0 Å². The van der Waals surface area contributed by atoms with Crippen LogP contribution in [0, 0.1) is 40.4 Å². The van der Waals surface area contributed by atoms with Gasteiger partial charge in [0.1, 0.15) is 6.10 Å². The van der Waals surface area contributed by atoms with Crippen LogP contribution in [0.5, 0.6) is 0 Å². The highest BCUT2D eigenvalue weighted by molar-refractivity contribution is 6.01. The molecule has 0 unspecified atom stereocenters. The zero-order chi connectivity index (χ0) is 22.1. The molecule has 8 atom stereocenters. The highest BCUT2D eigenvalue weighted by Gasteiger charge is 2.59. The minimum absolute atomic E-state index is 0.0280. The van der Waals surface area contributed by atoms with Gasteiger partial charge in [0.25, 0.3) is 0 Å². The van der Waals surface area contributed by atoms with Gasteiger partial charge < -0.3 is 4.74 Å². The molecule has 0 N–H and O–H groups in total. The van der Waals surface area contributed by atoms with Gasteiger partial charge in [-0.2, -0.15) is 0 Å². The van der Waals surface area contributed by atoms with Crippen LogP contribution in [0.4, 0.5) is 0 Å². The normalized spacial score (nSPS) is 45.5. The Bertz CT molecular complexity index is 907. The summed E-state index contributed by atoms with van der Waals surface area (Å²) in [5.74, 6) is 3.24. The Hall–Kier alpha value is -1.64. The second kappa shape index (κ2) is 7.18. The van der Waals surface area contributed by atoms with Crippen LogP contribution in [0.3, 0.4) is 0 Å². The molecule has 3 fully saturated rings. The monoisotopic (exact) mass is 422 g/mol. The van der Waals surface area contributed by atoms with Crippen molar-refractivity contribution in [3.63, 3.8) is 0 Å². The number of ether oxygens (including phenoxy) is 1. The number of esters is 1. The maximum atomic E-state index is 12.4. The lowest BCUT2D eigenvalue weighted by Crippen LogP contribution is -2.51. The lowest BCUT2D eigenvalue weighted by Gasteiger charge is -2.57. The summed E-state index contributed by atoms with van der Waals surface area (Å²) in [6.07, 6.45) is 14.3. The summed E-state index contributed by atoms with van der Waals surface area (Å²) in [5.41, 5.74) is 3.79. The lowest BCUT2D eigenvalue weighted by atomic mass is 9.47. The molecule has 168 valence electrons. The van der Waals surface area contributed by atoms with Gasteiger partial charge in [0.15, 0.2) is 5.78 Å². The van der Waals surface area contributed by atoms with Crippen molar-refractivity contribution >= 4 is 11.8 Å². The summed E-state index contributed by atoms with van der Waals surface area (Å²) in [6, 6.07) is 0. The van der Waals surface area contributed by atoms with Gasteiger partial charge in [-0.15, -0.1) is 0 Å². The molecule has 3 heteroatoms. The van der Waals surface area contributed by atoms with Crippen LogP contribution >= 0.6 is 0 Å². The van der Waals surface area contributed by atoms with Gasteiger partial charge in [-0.3, -0.25) is 4.79 Å². The Morgan fingerprint density at radius 2 is 1.84 bits per heavy atom. The topological polar surface area (TPSA) is 43.4 Å². The van der Waals surface area contributed by atoms with Gasteiger partial charge in [-0.05, 0) is 99.5 Å². The first-order valence-corrected chi connectivity index (χ1v) is 12.5. The van der Waals surface area contributed by atoms with Crippen molar-refractivity contribution in [2.75, 3.05) is 0 Å². The van der Waals surface area contributed by atoms with Gasteiger partial charge in [0.2, 0.25) is 0 Å². The first-order chi connectivity index (χ1) is 14.6. The molecular formula is C28H38O3. The Balaban J connectivity index is 1.38. The summed E-state index contributed by atoms with van der Waals surface area (Å²) in [5, 5.41) is 0. The zero-order valence-electron chi connectivity index (χ0n) is 19.9. The molecule has 3 saturated carbocycles. The predicted octanol–water partition coefficient (Wildman–Crippen LogP) is 6.20. The van der Waals surface area contributed by atoms with Gasteiger partial charge in [-0.25, -0.2) is 4.79 Å². The first-order valence-electron chi connectivity index (χ1n) is 12.5. The van der Waals surface area contributed by atoms with Crippen LogP contribution in [0.1, 0.15) is 79.6 Å². The van der Waals surface area contributed by atoms with Crippen molar-refractivity contribution in [1.29, 1.82) is 0 Å². The second-order valence-corrected chi connectivity index (χ2v) is 11.7. The minimum Gasteiger partial charge on any atom is -0.458 e. The van der Waals surface area contributed by atoms with Gasteiger partial charge >= 0.3 is 5.97 Å². The van der Waals surface area contributed by atoms with E-state index >= 15 is 0 Å². The molecule has 0 amide bonds. The third-order valence-electron chi connectivity index (χ3n) is 10.6. The van der Waals surface area contributed by atoms with Crippen molar-refractivity contribution in [3.8, 4) is 0 Å². The summed E-state index contributed by atoms with van der Waals surface area (Å²) in [4.78, 5) is 24.3. The van der Waals surface area contributed by atoms with E-state index in [9.17, 15) is 9.59 Å². The molecule has 1 aliphatic heterocycles. The number of cyclic esters (lactones) is 1. The SMILES string of the molecule is CC1=C(C)C(=O)O[C@@H]([C@@H](C)[C@H]2CC[C@H]3[C@@H]4CCC5=CC(=O)C=C[C@]5(C)[C@H]4CC[C@]23C)C1. The molecule has 0 radical (unpaired) electrons. The Morgan fingerprint density at radius 1 is 1.06 bits per heavy atom. The molecule has 3 nitrogen and oxygen atoms in total. The standard InChI is InChI=1S/C28H38O3/c1-16-14-25(31-26(30)17(16)2)18(3)22-8-9-23-21-7-6-19-15-20(29)10-12-27(19,4)24(21)11-13-28(22,23)5/h10,12,15,18,21-25H,6-9,11,13-14H2,1-5H3/t18-,21-,22+,23-,24-,25+,27-,28+/m0/s1. The molecule has 0 aromatic heterocycles. The molecule has 0 aromatic rings. The summed E-state index contributed by atoms with van der Waals surface area (Å²) in [6.45, 7) is 11.3. The Kier molecular flexibility index (Phi) is 4.92. The van der Waals surface area contributed by atoms with Crippen molar-refractivity contribution in [2.24, 2.45) is 40.4 Å². The quantitative estimate of drug-likeness (QED) is 0.498. The number of carbonyl (C=O) groups is 2. The van der Waals surface area contributed by atoms with Gasteiger partial charge in [-0.1, -0.05) is 38.0 Å². The van der Waals surface area contributed by atoms with E-state index < -0.39 is 0 Å². The Labute approximate surface area is 187 Å². The second-order valence-electron chi connectivity index (χ2n) is 11.7. The zero-order valence-corrected chi connectivity index (χ0v) is 19.9. The van der Waals surface area contributed by atoms with Crippen LogP contribution in [0.25, 0.3) is 0 Å². The fourth-order valence-corrected chi connectivity index (χ4v) is 8.55. The van der Waals surface area contributed by atoms with Crippen LogP contribution in [0.2, 0.25) is 0 Å². The average molecular weight is 423 g/mol. The van der Waals surface area contributed by atoms with E-state index in [2.05, 4.69) is 33.8 Å². The molecule has 1 heterocycles. The molecule has 5 aliphatic rings. The van der Waals surface area contributed by atoms with Crippen molar-refractivity contribution < 1.29 is 14.3 Å². The molecule has 0 spiro atoms. The molecule has 0 aromatic carbocycles. The predicted molar refractivity (Wildman–Crippen MR) is 122 cm³/mol. The minimum atomic E-state index is -0.109. The van der Waals surface area contributed by atoms with E-state index in [0.29, 0.717) is 23.2 Å². The number of hydrogen-bond donors (Lipinski definition) is 0. The smallest absolute Gasteiger partial charge is 0.333 e. The van der Waals surface area contributed by atoms with Crippen molar-refractivity contribution in [1.82, 2.24) is 0 Å². The maximum Gasteiger partial charge on any atom is 0.333 e. The fraction of sp³-hybridized carbons (Fsp3) is 0.714. The largest absolute Gasteiger partial charge is 0.458 e. The number of fused-ring (bicyclic) bond motifs is 5. The Morgan fingerprint density at radius 3 is 2.58 bits per heavy atom. The van der Waals surface area contributed by atoms with Crippen LogP contribution in [-0.2, 0) is 14.3 Å². The molecule has 0 saturated heterocycles. The summed E-state index contributed by atoms with van der Waals surface area (Å²) in [7, 11) is 0. The average Bonchev–Trinajstić information content (AvgIpc) is 3.08. The molecule has 4 aliphatic carbocycles. The van der Waals surface area contributed by atoms with E-state index in [1.165, 1.54) is 43.3 Å². The first kappa shape index (κ1) is 21.2. The highest BCUT2D eigenvalue weighted by Crippen LogP contribution is 2.67. The number of allylic oxidation sites excluding steroid dienone is 4. The summed E-state index contributed by atoms with van der Waals surface area (Å²) >= 11 is 0.